The molecule has 0 bridgehead atoms. The van der Waals surface area contributed by atoms with Crippen LogP contribution in [-0.2, 0) is 6.42 Å². The van der Waals surface area contributed by atoms with Crippen molar-refractivity contribution < 1.29 is 13.9 Å². The molecule has 2 aromatic carbocycles. The number of phenolic OH excluding ortho intramolecular Hbond substituents is 1. The Morgan fingerprint density at radius 1 is 1.14 bits per heavy atom. The number of amidine groups is 1. The van der Waals surface area contributed by atoms with Crippen molar-refractivity contribution in [1.82, 2.24) is 4.90 Å². The third-order valence-corrected chi connectivity index (χ3v) is 4.99. The van der Waals surface area contributed by atoms with E-state index in [-0.39, 0.29) is 5.82 Å². The molecular formula is C24H26F2N2O. The van der Waals surface area contributed by atoms with Crippen LogP contribution in [0.15, 0.2) is 71.0 Å². The van der Waals surface area contributed by atoms with Crippen molar-refractivity contribution in [2.24, 2.45) is 10.9 Å². The normalized spacial score (nSPS) is 14.6. The van der Waals surface area contributed by atoms with E-state index >= 15 is 0 Å². The minimum Gasteiger partial charge on any atom is -0.504 e. The van der Waals surface area contributed by atoms with Gasteiger partial charge in [-0.05, 0) is 61.1 Å². The molecule has 1 heterocycles. The fraction of sp³-hybridized carbons (Fsp3) is 0.292. The van der Waals surface area contributed by atoms with Crippen LogP contribution in [0.3, 0.4) is 0 Å². The summed E-state index contributed by atoms with van der Waals surface area (Å²) >= 11 is 0. The molecular weight excluding hydrogens is 370 g/mol. The number of aliphatic imine (C=N–C) groups is 1. The molecule has 152 valence electrons. The number of hydrogen-bond acceptors (Lipinski definition) is 3. The van der Waals surface area contributed by atoms with E-state index in [0.29, 0.717) is 30.3 Å². The fourth-order valence-electron chi connectivity index (χ4n) is 3.54. The monoisotopic (exact) mass is 396 g/mol. The first-order chi connectivity index (χ1) is 13.8. The lowest BCUT2D eigenvalue weighted by Gasteiger charge is -2.34. The van der Waals surface area contributed by atoms with Gasteiger partial charge in [-0.2, -0.15) is 0 Å². The first kappa shape index (κ1) is 20.8. The first-order valence-electron chi connectivity index (χ1n) is 9.75. The molecule has 2 aromatic rings. The van der Waals surface area contributed by atoms with Gasteiger partial charge in [-0.15, -0.1) is 0 Å². The predicted molar refractivity (Wildman–Crippen MR) is 113 cm³/mol. The zero-order valence-corrected chi connectivity index (χ0v) is 17.0. The maximum atomic E-state index is 14.0. The number of allylic oxidation sites excluding steroid dienone is 2. The average Bonchev–Trinajstić information content (AvgIpc) is 2.66. The molecule has 5 heteroatoms. The van der Waals surface area contributed by atoms with Gasteiger partial charge in [0.1, 0.15) is 11.7 Å². The summed E-state index contributed by atoms with van der Waals surface area (Å²) < 4.78 is 27.6. The van der Waals surface area contributed by atoms with Gasteiger partial charge in [0.25, 0.3) is 0 Å². The molecule has 0 fully saturated rings. The summed E-state index contributed by atoms with van der Waals surface area (Å²) in [4.78, 5) is 6.60. The Kier molecular flexibility index (Phi) is 6.16. The summed E-state index contributed by atoms with van der Waals surface area (Å²) in [5.74, 6) is -0.548. The number of para-hydroxylation sites is 1. The molecule has 0 aliphatic carbocycles. The summed E-state index contributed by atoms with van der Waals surface area (Å²) in [6.45, 7) is 10.9. The zero-order chi connectivity index (χ0) is 21.1. The minimum absolute atomic E-state index is 0.284. The van der Waals surface area contributed by atoms with Gasteiger partial charge in [0, 0.05) is 17.9 Å². The topological polar surface area (TPSA) is 35.8 Å². The van der Waals surface area contributed by atoms with Crippen LogP contribution in [0, 0.1) is 17.6 Å². The lowest BCUT2D eigenvalue weighted by Crippen LogP contribution is -2.36. The van der Waals surface area contributed by atoms with Crippen LogP contribution in [0.1, 0.15) is 38.3 Å². The Morgan fingerprint density at radius 2 is 1.86 bits per heavy atom. The Morgan fingerprint density at radius 3 is 2.55 bits per heavy atom. The summed E-state index contributed by atoms with van der Waals surface area (Å²) in [7, 11) is 0. The van der Waals surface area contributed by atoms with Crippen LogP contribution < -0.4 is 0 Å². The van der Waals surface area contributed by atoms with Crippen LogP contribution in [0.5, 0.6) is 5.75 Å². The van der Waals surface area contributed by atoms with Gasteiger partial charge in [0.15, 0.2) is 11.6 Å². The summed E-state index contributed by atoms with van der Waals surface area (Å²) in [5.41, 5.74) is 3.79. The highest BCUT2D eigenvalue weighted by Gasteiger charge is 2.27. The van der Waals surface area contributed by atoms with Crippen LogP contribution >= 0.6 is 0 Å². The molecule has 0 spiro atoms. The lowest BCUT2D eigenvalue weighted by atomic mass is 9.96. The van der Waals surface area contributed by atoms with E-state index in [1.54, 1.807) is 18.2 Å². The highest BCUT2D eigenvalue weighted by Crippen LogP contribution is 2.34. The minimum atomic E-state index is -0.699. The smallest absolute Gasteiger partial charge is 0.165 e. The maximum absolute atomic E-state index is 14.0. The summed E-state index contributed by atoms with van der Waals surface area (Å²) in [5, 5.41) is 10.3. The molecule has 0 atom stereocenters. The predicted octanol–water partition coefficient (Wildman–Crippen LogP) is 5.81. The number of nitrogens with zero attached hydrogens (tertiary/aromatic N) is 2. The zero-order valence-electron chi connectivity index (χ0n) is 17.0. The molecule has 0 amide bonds. The molecule has 1 N–H and O–H groups in total. The highest BCUT2D eigenvalue weighted by molar-refractivity contribution is 6.03. The van der Waals surface area contributed by atoms with Crippen molar-refractivity contribution in [1.29, 1.82) is 0 Å². The SMILES string of the molecule is C=C1C(CC(C)C)=C(C)N=C(c2cccc(F)c2O)N1CCc1cccc(F)c1. The molecule has 0 radical (unpaired) electrons. The second-order valence-electron chi connectivity index (χ2n) is 7.71. The third-order valence-electron chi connectivity index (χ3n) is 4.99. The van der Waals surface area contributed by atoms with Gasteiger partial charge < -0.3 is 10.0 Å². The van der Waals surface area contributed by atoms with Gasteiger partial charge in [-0.25, -0.2) is 13.8 Å². The number of rotatable bonds is 6. The van der Waals surface area contributed by atoms with E-state index in [1.165, 1.54) is 18.2 Å². The van der Waals surface area contributed by atoms with Crippen molar-refractivity contribution in [2.45, 2.75) is 33.6 Å². The van der Waals surface area contributed by atoms with E-state index < -0.39 is 11.6 Å². The molecule has 0 unspecified atom stereocenters. The molecule has 3 rings (SSSR count). The largest absolute Gasteiger partial charge is 0.504 e. The molecule has 3 nitrogen and oxygen atoms in total. The Balaban J connectivity index is 2.01. The van der Waals surface area contributed by atoms with Gasteiger partial charge in [-0.1, -0.05) is 38.6 Å². The van der Waals surface area contributed by atoms with Crippen molar-refractivity contribution in [2.75, 3.05) is 6.54 Å². The molecule has 0 saturated heterocycles. The number of phenols is 1. The maximum Gasteiger partial charge on any atom is 0.165 e. The van der Waals surface area contributed by atoms with Gasteiger partial charge in [0.2, 0.25) is 0 Å². The van der Waals surface area contributed by atoms with Crippen molar-refractivity contribution in [3.63, 3.8) is 0 Å². The number of benzene rings is 2. The highest BCUT2D eigenvalue weighted by atomic mass is 19.1. The van der Waals surface area contributed by atoms with E-state index in [2.05, 4.69) is 20.4 Å². The average molecular weight is 396 g/mol. The van der Waals surface area contributed by atoms with Crippen LogP contribution in [-0.4, -0.2) is 22.4 Å². The Bertz CT molecular complexity index is 992. The second kappa shape index (κ2) is 8.60. The van der Waals surface area contributed by atoms with Gasteiger partial charge in [0.05, 0.1) is 5.56 Å². The van der Waals surface area contributed by atoms with E-state index in [0.717, 1.165) is 29.0 Å². The quantitative estimate of drug-likeness (QED) is 0.669. The molecule has 0 saturated carbocycles. The summed E-state index contributed by atoms with van der Waals surface area (Å²) in [6, 6.07) is 10.8. The number of aromatic hydroxyl groups is 1. The molecule has 0 aromatic heterocycles. The lowest BCUT2D eigenvalue weighted by molar-refractivity contribution is 0.427. The van der Waals surface area contributed by atoms with Gasteiger partial charge >= 0.3 is 0 Å². The van der Waals surface area contributed by atoms with E-state index in [1.807, 2.05) is 17.9 Å². The Labute approximate surface area is 170 Å². The fourth-order valence-corrected chi connectivity index (χ4v) is 3.54. The van der Waals surface area contributed by atoms with Crippen molar-refractivity contribution >= 4 is 5.84 Å². The third kappa shape index (κ3) is 4.56. The second-order valence-corrected chi connectivity index (χ2v) is 7.71. The Hall–Kier alpha value is -2.95. The standard InChI is InChI=1S/C24H26F2N2O/c1-15(2)13-21-16(3)27-24(20-9-6-10-22(26)23(20)29)28(17(21)4)12-11-18-7-5-8-19(25)14-18/h5-10,14-15,29H,4,11-13H2,1-3H3. The van der Waals surface area contributed by atoms with E-state index in [9.17, 15) is 13.9 Å². The van der Waals surface area contributed by atoms with Gasteiger partial charge in [-0.3, -0.25) is 0 Å². The van der Waals surface area contributed by atoms with Crippen molar-refractivity contribution in [3.8, 4) is 5.75 Å². The molecule has 1 aliphatic heterocycles. The van der Waals surface area contributed by atoms with Crippen molar-refractivity contribution in [3.05, 3.63) is 88.8 Å². The molecule has 29 heavy (non-hydrogen) atoms. The van der Waals surface area contributed by atoms with E-state index in [4.69, 9.17) is 4.99 Å². The van der Waals surface area contributed by atoms with Crippen LogP contribution in [0.2, 0.25) is 0 Å². The van der Waals surface area contributed by atoms with Crippen LogP contribution in [0.25, 0.3) is 0 Å². The number of hydrogen-bond donors (Lipinski definition) is 1. The molecule has 1 aliphatic rings. The summed E-state index contributed by atoms with van der Waals surface area (Å²) in [6.07, 6.45) is 1.37. The van der Waals surface area contributed by atoms with Crippen LogP contribution in [0.4, 0.5) is 8.78 Å². The first-order valence-corrected chi connectivity index (χ1v) is 9.75. The number of halogens is 2.